The molecule has 0 saturated heterocycles. The zero-order chi connectivity index (χ0) is 8.41. The van der Waals surface area contributed by atoms with Crippen LogP contribution >= 0.6 is 0 Å². The Morgan fingerprint density at radius 2 is 1.82 bits per heavy atom. The van der Waals surface area contributed by atoms with E-state index in [0.717, 1.165) is 0 Å². The molecule has 3 nitrogen and oxygen atoms in total. The molecule has 0 amide bonds. The minimum absolute atomic E-state index is 0. The molecule has 0 rings (SSSR count). The van der Waals surface area contributed by atoms with Crippen LogP contribution in [0.5, 0.6) is 0 Å². The molecule has 0 aliphatic heterocycles. The topological polar surface area (TPSA) is 57.2 Å². The van der Waals surface area contributed by atoms with E-state index in [1.807, 2.05) is 0 Å². The second kappa shape index (κ2) is 5.20. The minimum atomic E-state index is -5.45. The summed E-state index contributed by atoms with van der Waals surface area (Å²) in [7, 11) is -5.45. The van der Waals surface area contributed by atoms with Gasteiger partial charge in [0, 0.05) is 6.42 Å². The van der Waals surface area contributed by atoms with Gasteiger partial charge in [-0.2, -0.15) is 8.78 Å². The standard InChI is InChI=1S/C4H8F2O3S.K/c1-2-3-4(5,6)10(7,8)9;/h2-3H2,1H3,(H,7,8,9);/q;+1/p-1. The zero-order valence-corrected chi connectivity index (χ0v) is 10.2. The number of hydrogen-bond donors (Lipinski definition) is 0. The van der Waals surface area contributed by atoms with Crippen LogP contribution in [0.1, 0.15) is 19.8 Å². The molecular formula is C4H7F2KO3S. The maximum atomic E-state index is 12.0. The van der Waals surface area contributed by atoms with Crippen molar-refractivity contribution in [1.29, 1.82) is 0 Å². The summed E-state index contributed by atoms with van der Waals surface area (Å²) in [6.07, 6.45) is -0.937. The van der Waals surface area contributed by atoms with E-state index in [9.17, 15) is 21.8 Å². The average Bonchev–Trinajstić information content (AvgIpc) is 1.61. The Labute approximate surface area is 107 Å². The molecule has 0 bridgehead atoms. The Morgan fingerprint density at radius 1 is 1.45 bits per heavy atom. The summed E-state index contributed by atoms with van der Waals surface area (Å²) in [4.78, 5) is 0. The Hall–Kier alpha value is 1.41. The normalized spacial score (nSPS) is 12.4. The van der Waals surface area contributed by atoms with Gasteiger partial charge in [0.2, 0.25) is 0 Å². The summed E-state index contributed by atoms with van der Waals surface area (Å²) in [5, 5.41) is -4.10. The molecule has 0 aromatic rings. The van der Waals surface area contributed by atoms with Crippen LogP contribution in [0.15, 0.2) is 0 Å². The molecule has 0 spiro atoms. The third-order valence-electron chi connectivity index (χ3n) is 0.907. The fourth-order valence-corrected chi connectivity index (χ4v) is 0.870. The van der Waals surface area contributed by atoms with Crippen LogP contribution in [0, 0.1) is 0 Å². The number of hydrogen-bond acceptors (Lipinski definition) is 3. The van der Waals surface area contributed by atoms with Crippen LogP contribution in [0.25, 0.3) is 0 Å². The first kappa shape index (κ1) is 14.9. The van der Waals surface area contributed by atoms with E-state index in [-0.39, 0.29) is 57.8 Å². The first-order valence-electron chi connectivity index (χ1n) is 2.64. The van der Waals surface area contributed by atoms with Crippen molar-refractivity contribution in [3.8, 4) is 0 Å². The molecule has 0 fully saturated rings. The molecule has 0 saturated carbocycles. The van der Waals surface area contributed by atoms with E-state index in [2.05, 4.69) is 0 Å². The average molecular weight is 212 g/mol. The minimum Gasteiger partial charge on any atom is -0.743 e. The maximum Gasteiger partial charge on any atom is 1.00 e. The molecule has 0 aromatic carbocycles. The molecule has 0 heterocycles. The van der Waals surface area contributed by atoms with Crippen molar-refractivity contribution in [3.63, 3.8) is 0 Å². The largest absolute Gasteiger partial charge is 1.00 e. The van der Waals surface area contributed by atoms with Crippen molar-refractivity contribution in [2.45, 2.75) is 25.0 Å². The summed E-state index contributed by atoms with van der Waals surface area (Å²) in [5.74, 6) is 0. The Morgan fingerprint density at radius 3 is 1.91 bits per heavy atom. The van der Waals surface area contributed by atoms with Gasteiger partial charge in [-0.1, -0.05) is 6.92 Å². The van der Waals surface area contributed by atoms with Gasteiger partial charge in [-0.25, -0.2) is 8.42 Å². The van der Waals surface area contributed by atoms with Gasteiger partial charge >= 0.3 is 56.6 Å². The monoisotopic (exact) mass is 212 g/mol. The summed E-state index contributed by atoms with van der Waals surface area (Å²) < 4.78 is 53.3. The fourth-order valence-electron chi connectivity index (χ4n) is 0.416. The summed E-state index contributed by atoms with van der Waals surface area (Å²) >= 11 is 0. The van der Waals surface area contributed by atoms with Gasteiger partial charge < -0.3 is 4.55 Å². The molecule has 0 aliphatic rings. The first-order chi connectivity index (χ1) is 4.31. The molecule has 0 aromatic heterocycles. The molecular weight excluding hydrogens is 205 g/mol. The van der Waals surface area contributed by atoms with Crippen LogP contribution in [-0.4, -0.2) is 18.2 Å². The molecule has 0 unspecified atom stereocenters. The smallest absolute Gasteiger partial charge is 0.743 e. The van der Waals surface area contributed by atoms with Crippen molar-refractivity contribution < 1.29 is 73.1 Å². The van der Waals surface area contributed by atoms with E-state index in [4.69, 9.17) is 0 Å². The van der Waals surface area contributed by atoms with Crippen LogP contribution in [0.2, 0.25) is 0 Å². The van der Waals surface area contributed by atoms with E-state index >= 15 is 0 Å². The number of alkyl halides is 2. The molecule has 11 heavy (non-hydrogen) atoms. The van der Waals surface area contributed by atoms with Gasteiger partial charge in [0.25, 0.3) is 0 Å². The van der Waals surface area contributed by atoms with Gasteiger partial charge in [-0.05, 0) is 6.42 Å². The van der Waals surface area contributed by atoms with Crippen LogP contribution in [-0.2, 0) is 10.1 Å². The van der Waals surface area contributed by atoms with E-state index in [0.29, 0.717) is 0 Å². The van der Waals surface area contributed by atoms with Crippen LogP contribution < -0.4 is 51.4 Å². The van der Waals surface area contributed by atoms with Gasteiger partial charge in [0.05, 0.1) is 0 Å². The van der Waals surface area contributed by atoms with E-state index < -0.39 is 21.8 Å². The maximum absolute atomic E-state index is 12.0. The first-order valence-corrected chi connectivity index (χ1v) is 4.05. The van der Waals surface area contributed by atoms with Crippen molar-refractivity contribution >= 4 is 10.1 Å². The van der Waals surface area contributed by atoms with Gasteiger partial charge in [0.1, 0.15) is 0 Å². The summed E-state index contributed by atoms with van der Waals surface area (Å²) in [6.45, 7) is 1.37. The summed E-state index contributed by atoms with van der Waals surface area (Å²) in [6, 6.07) is 0. The van der Waals surface area contributed by atoms with E-state index in [1.165, 1.54) is 6.92 Å². The number of halogens is 2. The van der Waals surface area contributed by atoms with Crippen molar-refractivity contribution in [2.24, 2.45) is 0 Å². The second-order valence-corrected chi connectivity index (χ2v) is 3.35. The zero-order valence-electron chi connectivity index (χ0n) is 6.30. The summed E-state index contributed by atoms with van der Waals surface area (Å²) in [5.41, 5.74) is 0. The third kappa shape index (κ3) is 4.86. The third-order valence-corrected chi connectivity index (χ3v) is 1.84. The van der Waals surface area contributed by atoms with Crippen LogP contribution in [0.4, 0.5) is 8.78 Å². The Balaban J connectivity index is 0. The molecule has 0 N–H and O–H groups in total. The number of rotatable bonds is 3. The molecule has 0 radical (unpaired) electrons. The van der Waals surface area contributed by atoms with Gasteiger partial charge in [-0.3, -0.25) is 0 Å². The molecule has 7 heteroatoms. The quantitative estimate of drug-likeness (QED) is 0.399. The van der Waals surface area contributed by atoms with Gasteiger partial charge in [0.15, 0.2) is 10.1 Å². The Kier molecular flexibility index (Phi) is 7.05. The SMILES string of the molecule is CCCC(F)(F)S(=O)(=O)[O-].[K+]. The van der Waals surface area contributed by atoms with Crippen molar-refractivity contribution in [3.05, 3.63) is 0 Å². The van der Waals surface area contributed by atoms with Crippen molar-refractivity contribution in [1.82, 2.24) is 0 Å². The molecule has 62 valence electrons. The predicted molar refractivity (Wildman–Crippen MR) is 29.6 cm³/mol. The Bertz CT molecular complexity index is 201. The molecule has 0 atom stereocenters. The van der Waals surface area contributed by atoms with E-state index in [1.54, 1.807) is 0 Å². The second-order valence-electron chi connectivity index (χ2n) is 1.84. The fraction of sp³-hybridized carbons (Fsp3) is 1.00. The van der Waals surface area contributed by atoms with Gasteiger partial charge in [-0.15, -0.1) is 0 Å². The predicted octanol–water partition coefficient (Wildman–Crippen LogP) is -2.07. The van der Waals surface area contributed by atoms with Crippen LogP contribution in [0.3, 0.4) is 0 Å². The van der Waals surface area contributed by atoms with Crippen molar-refractivity contribution in [2.75, 3.05) is 0 Å². The molecule has 0 aliphatic carbocycles.